The first kappa shape index (κ1) is 15.4. The first-order valence-corrected chi connectivity index (χ1v) is 6.70. The highest BCUT2D eigenvalue weighted by Crippen LogP contribution is 2.09. The van der Waals surface area contributed by atoms with E-state index in [1.807, 2.05) is 44.2 Å². The highest BCUT2D eigenvalue weighted by atomic mass is 32.1. The van der Waals surface area contributed by atoms with Crippen molar-refractivity contribution in [2.24, 2.45) is 11.7 Å². The van der Waals surface area contributed by atoms with E-state index in [2.05, 4.69) is 0 Å². The molecule has 1 amide bonds. The maximum Gasteiger partial charge on any atom is 0.260 e. The molecule has 104 valence electrons. The van der Waals surface area contributed by atoms with Crippen LogP contribution in [0.1, 0.15) is 13.8 Å². The Morgan fingerprint density at radius 3 is 2.58 bits per heavy atom. The second-order valence-corrected chi connectivity index (χ2v) is 4.81. The van der Waals surface area contributed by atoms with Crippen molar-refractivity contribution in [3.8, 4) is 5.75 Å². The van der Waals surface area contributed by atoms with Gasteiger partial charge in [-0.05, 0) is 19.1 Å². The molecule has 4 nitrogen and oxygen atoms in total. The van der Waals surface area contributed by atoms with Crippen LogP contribution < -0.4 is 10.5 Å². The van der Waals surface area contributed by atoms with Crippen molar-refractivity contribution < 1.29 is 9.53 Å². The number of thiocarbonyl (C=S) groups is 1. The van der Waals surface area contributed by atoms with Gasteiger partial charge in [0.05, 0.1) is 4.99 Å². The van der Waals surface area contributed by atoms with Gasteiger partial charge in [0, 0.05) is 19.0 Å². The molecule has 0 radical (unpaired) electrons. The Hall–Kier alpha value is -1.62. The van der Waals surface area contributed by atoms with Crippen LogP contribution >= 0.6 is 12.2 Å². The molecule has 0 saturated carbocycles. The minimum atomic E-state index is -0.0607. The van der Waals surface area contributed by atoms with E-state index in [0.29, 0.717) is 23.8 Å². The number of rotatable bonds is 7. The fraction of sp³-hybridized carbons (Fsp3) is 0.429. The number of hydrogen-bond donors (Lipinski definition) is 1. The summed E-state index contributed by atoms with van der Waals surface area (Å²) in [4.78, 5) is 14.1. The van der Waals surface area contributed by atoms with E-state index in [9.17, 15) is 4.79 Å². The molecule has 0 spiro atoms. The molecule has 2 N–H and O–H groups in total. The number of carbonyl (C=O) groups is 1. The van der Waals surface area contributed by atoms with E-state index in [-0.39, 0.29) is 18.4 Å². The second-order valence-electron chi connectivity index (χ2n) is 4.34. The summed E-state index contributed by atoms with van der Waals surface area (Å²) < 4.78 is 5.44. The van der Waals surface area contributed by atoms with Crippen LogP contribution in [-0.4, -0.2) is 35.5 Å². The lowest BCUT2D eigenvalue weighted by Crippen LogP contribution is -2.40. The minimum absolute atomic E-state index is 0.00984. The zero-order valence-electron chi connectivity index (χ0n) is 11.3. The van der Waals surface area contributed by atoms with Gasteiger partial charge in [0.25, 0.3) is 5.91 Å². The molecule has 0 bridgehead atoms. The summed E-state index contributed by atoms with van der Waals surface area (Å²) in [6.45, 7) is 5.01. The molecule has 0 saturated heterocycles. The van der Waals surface area contributed by atoms with E-state index in [4.69, 9.17) is 22.7 Å². The van der Waals surface area contributed by atoms with Gasteiger partial charge in [-0.1, -0.05) is 37.3 Å². The third-order valence-corrected chi connectivity index (χ3v) is 3.22. The molecule has 1 aromatic rings. The molecule has 1 rings (SSSR count). The van der Waals surface area contributed by atoms with E-state index < -0.39 is 0 Å². The number of para-hydroxylation sites is 1. The lowest BCUT2D eigenvalue weighted by molar-refractivity contribution is -0.133. The van der Waals surface area contributed by atoms with Crippen molar-refractivity contribution in [1.29, 1.82) is 0 Å². The topological polar surface area (TPSA) is 55.6 Å². The molecule has 0 aliphatic carbocycles. The molecule has 0 fully saturated rings. The summed E-state index contributed by atoms with van der Waals surface area (Å²) in [5.74, 6) is 0.638. The third kappa shape index (κ3) is 5.26. The summed E-state index contributed by atoms with van der Waals surface area (Å²) in [6, 6.07) is 9.28. The van der Waals surface area contributed by atoms with E-state index in [0.717, 1.165) is 0 Å². The molecular weight excluding hydrogens is 260 g/mol. The normalized spacial score (nSPS) is 11.7. The maximum absolute atomic E-state index is 12.0. The van der Waals surface area contributed by atoms with Crippen LogP contribution in [0.2, 0.25) is 0 Å². The fourth-order valence-electron chi connectivity index (χ4n) is 1.58. The zero-order chi connectivity index (χ0) is 14.3. The van der Waals surface area contributed by atoms with Gasteiger partial charge in [0.1, 0.15) is 5.75 Å². The number of nitrogens with zero attached hydrogens (tertiary/aromatic N) is 1. The largest absolute Gasteiger partial charge is 0.484 e. The van der Waals surface area contributed by atoms with E-state index in [1.54, 1.807) is 4.90 Å². The van der Waals surface area contributed by atoms with Crippen LogP contribution in [0.15, 0.2) is 30.3 Å². The molecule has 0 aliphatic rings. The van der Waals surface area contributed by atoms with Crippen molar-refractivity contribution in [3.05, 3.63) is 30.3 Å². The molecule has 19 heavy (non-hydrogen) atoms. The van der Waals surface area contributed by atoms with Gasteiger partial charge in [-0.25, -0.2) is 0 Å². The highest BCUT2D eigenvalue weighted by Gasteiger charge is 2.16. The summed E-state index contributed by atoms with van der Waals surface area (Å²) in [5, 5.41) is 0. The van der Waals surface area contributed by atoms with Gasteiger partial charge in [0.2, 0.25) is 0 Å². The van der Waals surface area contributed by atoms with Gasteiger partial charge in [0.15, 0.2) is 6.61 Å². The number of nitrogens with two attached hydrogens (primary N) is 1. The molecule has 1 aromatic carbocycles. The lowest BCUT2D eigenvalue weighted by atomic mass is 10.1. The number of likely N-dealkylation sites (N-methyl/N-ethyl adjacent to an activating group) is 1. The van der Waals surface area contributed by atoms with Gasteiger partial charge in [-0.2, -0.15) is 0 Å². The average molecular weight is 280 g/mol. The molecule has 1 atom stereocenters. The quantitative estimate of drug-likeness (QED) is 0.774. The average Bonchev–Trinajstić information content (AvgIpc) is 2.42. The molecular formula is C14H20N2O2S. The molecule has 0 heterocycles. The van der Waals surface area contributed by atoms with Crippen LogP contribution in [0.5, 0.6) is 5.75 Å². The van der Waals surface area contributed by atoms with Crippen molar-refractivity contribution in [3.63, 3.8) is 0 Å². The van der Waals surface area contributed by atoms with Crippen molar-refractivity contribution >= 4 is 23.1 Å². The molecule has 0 aromatic heterocycles. The highest BCUT2D eigenvalue weighted by molar-refractivity contribution is 7.80. The number of carbonyl (C=O) groups excluding carboxylic acids is 1. The molecule has 5 heteroatoms. The number of hydrogen-bond acceptors (Lipinski definition) is 3. The van der Waals surface area contributed by atoms with E-state index in [1.165, 1.54) is 0 Å². The first-order valence-electron chi connectivity index (χ1n) is 6.29. The number of benzene rings is 1. The predicted molar refractivity (Wildman–Crippen MR) is 80.1 cm³/mol. The number of ether oxygens (including phenoxy) is 1. The smallest absolute Gasteiger partial charge is 0.260 e. The Bertz CT molecular complexity index is 423. The van der Waals surface area contributed by atoms with Crippen molar-refractivity contribution in [1.82, 2.24) is 4.90 Å². The van der Waals surface area contributed by atoms with Crippen LogP contribution in [-0.2, 0) is 4.79 Å². The third-order valence-electron chi connectivity index (χ3n) is 2.82. The Kier molecular flexibility index (Phi) is 6.29. The van der Waals surface area contributed by atoms with Crippen LogP contribution in [0, 0.1) is 5.92 Å². The zero-order valence-corrected chi connectivity index (χ0v) is 12.2. The lowest BCUT2D eigenvalue weighted by Gasteiger charge is -2.24. The number of amides is 1. The van der Waals surface area contributed by atoms with Crippen LogP contribution in [0.3, 0.4) is 0 Å². The summed E-state index contributed by atoms with van der Waals surface area (Å²) >= 11 is 4.92. The first-order chi connectivity index (χ1) is 9.04. The Balaban J connectivity index is 2.48. The minimum Gasteiger partial charge on any atom is -0.484 e. The summed E-state index contributed by atoms with van der Waals surface area (Å²) in [5.41, 5.74) is 5.57. The summed E-state index contributed by atoms with van der Waals surface area (Å²) in [6.07, 6.45) is 0. The van der Waals surface area contributed by atoms with Gasteiger partial charge < -0.3 is 15.4 Å². The SMILES string of the molecule is CCN(CC(C)C(N)=S)C(=O)COc1ccccc1. The molecule has 0 aliphatic heterocycles. The Morgan fingerprint density at radius 2 is 2.05 bits per heavy atom. The molecule has 1 unspecified atom stereocenters. The standard InChI is InChI=1S/C14H20N2O2S/c1-3-16(9-11(2)14(15)19)13(17)10-18-12-7-5-4-6-8-12/h4-8,11H,3,9-10H2,1-2H3,(H2,15,19). The van der Waals surface area contributed by atoms with Crippen LogP contribution in [0.25, 0.3) is 0 Å². The van der Waals surface area contributed by atoms with Gasteiger partial charge >= 0.3 is 0 Å². The summed E-state index contributed by atoms with van der Waals surface area (Å²) in [7, 11) is 0. The Morgan fingerprint density at radius 1 is 1.42 bits per heavy atom. The maximum atomic E-state index is 12.0. The van der Waals surface area contributed by atoms with Crippen LogP contribution in [0.4, 0.5) is 0 Å². The Labute approximate surface area is 119 Å². The van der Waals surface area contributed by atoms with E-state index >= 15 is 0 Å². The van der Waals surface area contributed by atoms with Gasteiger partial charge in [-0.15, -0.1) is 0 Å². The monoisotopic (exact) mass is 280 g/mol. The van der Waals surface area contributed by atoms with Gasteiger partial charge in [-0.3, -0.25) is 4.79 Å². The predicted octanol–water partition coefficient (Wildman–Crippen LogP) is 1.84. The van der Waals surface area contributed by atoms with Crippen molar-refractivity contribution in [2.75, 3.05) is 19.7 Å². The van der Waals surface area contributed by atoms with Crippen molar-refractivity contribution in [2.45, 2.75) is 13.8 Å². The second kappa shape index (κ2) is 7.74. The fourth-order valence-corrected chi connectivity index (χ4v) is 1.66.